The summed E-state index contributed by atoms with van der Waals surface area (Å²) >= 11 is 0. The van der Waals surface area contributed by atoms with Crippen LogP contribution in [0.2, 0.25) is 0 Å². The maximum absolute atomic E-state index is 12.5. The quantitative estimate of drug-likeness (QED) is 0.258. The number of halogens is 1. The molecule has 8 heteroatoms. The predicted octanol–water partition coefficient (Wildman–Crippen LogP) is 6.54. The highest BCUT2D eigenvalue weighted by Crippen LogP contribution is 2.22. The molecule has 0 aliphatic heterocycles. The maximum Gasteiger partial charge on any atom is 0.255 e. The fraction of sp³-hybridized carbons (Fsp3) is 0.125. The molecule has 0 radical (unpaired) electrons. The van der Waals surface area contributed by atoms with E-state index in [-0.39, 0.29) is 18.4 Å². The Morgan fingerprint density at radius 1 is 0.700 bits per heavy atom. The summed E-state index contributed by atoms with van der Waals surface area (Å²) in [6, 6.07) is 31.8. The van der Waals surface area contributed by atoms with Gasteiger partial charge in [-0.25, -0.2) is 4.39 Å². The molecule has 4 aromatic carbocycles. The zero-order valence-corrected chi connectivity index (χ0v) is 22.3. The molecule has 0 aliphatic rings. The van der Waals surface area contributed by atoms with Crippen LogP contribution in [0.4, 0.5) is 15.8 Å². The van der Waals surface area contributed by atoms with Crippen molar-refractivity contribution in [2.24, 2.45) is 5.73 Å². The van der Waals surface area contributed by atoms with Gasteiger partial charge in [-0.1, -0.05) is 50.2 Å². The Balaban J connectivity index is 0.000000858. The summed E-state index contributed by atoms with van der Waals surface area (Å²) in [7, 11) is 0. The number of amides is 2. The molecule has 0 unspecified atom stereocenters. The fourth-order valence-corrected chi connectivity index (χ4v) is 3.37. The second kappa shape index (κ2) is 16.5. The Hall–Kier alpha value is -5.31. The number of carbonyl (C=O) groups excluding carboxylic acids is 2. The zero-order valence-electron chi connectivity index (χ0n) is 22.3. The first-order valence-corrected chi connectivity index (χ1v) is 12.6. The van der Waals surface area contributed by atoms with Crippen molar-refractivity contribution in [1.82, 2.24) is 0 Å². The van der Waals surface area contributed by atoms with E-state index >= 15 is 0 Å². The summed E-state index contributed by atoms with van der Waals surface area (Å²) in [5.74, 6) is -0.539. The molecule has 2 amide bonds. The Kier molecular flexibility index (Phi) is 12.8. The van der Waals surface area contributed by atoms with Crippen LogP contribution < -0.4 is 16.4 Å². The van der Waals surface area contributed by atoms with Crippen LogP contribution in [0.3, 0.4) is 0 Å². The van der Waals surface area contributed by atoms with E-state index in [0.29, 0.717) is 33.6 Å². The van der Waals surface area contributed by atoms with E-state index in [1.165, 1.54) is 0 Å². The summed E-state index contributed by atoms with van der Waals surface area (Å²) in [5, 5.41) is 23.6. The molecule has 4 N–H and O–H groups in total. The van der Waals surface area contributed by atoms with E-state index in [0.717, 1.165) is 11.1 Å². The van der Waals surface area contributed by atoms with Crippen molar-refractivity contribution in [3.8, 4) is 23.3 Å². The number of nitrogens with zero attached hydrogens (tertiary/aromatic N) is 2. The molecule has 4 aromatic rings. The number of nitriles is 2. The van der Waals surface area contributed by atoms with Gasteiger partial charge in [0.25, 0.3) is 11.8 Å². The minimum absolute atomic E-state index is 0.153. The van der Waals surface area contributed by atoms with E-state index < -0.39 is 6.67 Å². The molecule has 40 heavy (non-hydrogen) atoms. The van der Waals surface area contributed by atoms with Gasteiger partial charge in [-0.2, -0.15) is 10.5 Å². The number of carbonyl (C=O) groups is 2. The second-order valence-corrected chi connectivity index (χ2v) is 7.93. The lowest BCUT2D eigenvalue weighted by Crippen LogP contribution is -2.12. The van der Waals surface area contributed by atoms with Crippen LogP contribution in [0.25, 0.3) is 11.1 Å². The van der Waals surface area contributed by atoms with E-state index in [1.54, 1.807) is 72.8 Å². The van der Waals surface area contributed by atoms with Crippen molar-refractivity contribution in [2.75, 3.05) is 23.9 Å². The summed E-state index contributed by atoms with van der Waals surface area (Å²) in [5.41, 5.74) is 9.49. The summed E-state index contributed by atoms with van der Waals surface area (Å²) in [6.07, 6.45) is 0. The lowest BCUT2D eigenvalue weighted by atomic mass is 10.0. The van der Waals surface area contributed by atoms with Crippen LogP contribution in [0.15, 0.2) is 97.1 Å². The molecular formula is C32H30FN5O2. The van der Waals surface area contributed by atoms with Gasteiger partial charge in [0.2, 0.25) is 0 Å². The number of nitrogens with one attached hydrogen (secondary N) is 2. The van der Waals surface area contributed by atoms with Crippen LogP contribution >= 0.6 is 0 Å². The van der Waals surface area contributed by atoms with Crippen LogP contribution in [-0.4, -0.2) is 25.0 Å². The van der Waals surface area contributed by atoms with Crippen molar-refractivity contribution in [2.45, 2.75) is 13.8 Å². The second-order valence-electron chi connectivity index (χ2n) is 7.93. The third-order valence-corrected chi connectivity index (χ3v) is 5.24. The van der Waals surface area contributed by atoms with Gasteiger partial charge in [-0.05, 0) is 71.8 Å². The topological polar surface area (TPSA) is 132 Å². The van der Waals surface area contributed by atoms with Crippen LogP contribution in [0.1, 0.15) is 45.7 Å². The van der Waals surface area contributed by atoms with E-state index in [9.17, 15) is 14.0 Å². The molecule has 0 saturated heterocycles. The molecule has 4 rings (SSSR count). The zero-order chi connectivity index (χ0) is 29.3. The van der Waals surface area contributed by atoms with Gasteiger partial charge in [0.05, 0.1) is 23.3 Å². The SMILES string of the molecule is CC.N#Cc1cccc(NC(=O)c2ccc(-c3ccc(C(=O)Nc4cccc(C#N)c4)cc3)cc2)c1.NCCF. The first-order chi connectivity index (χ1) is 19.5. The molecule has 0 aliphatic carbocycles. The molecule has 0 aromatic heterocycles. The standard InChI is InChI=1S/C28H18N4O2.C2H6FN.C2H6/c29-17-19-3-1-5-25(15-19)31-27(33)23-11-7-21(8-12-23)22-9-13-24(14-10-22)28(34)32-26-6-2-4-20(16-26)18-30;3-1-2-4;1-2/h1-16H,(H,31,33)(H,32,34);1-2,4H2;1-2H3. The van der Waals surface area contributed by atoms with Crippen molar-refractivity contribution in [3.63, 3.8) is 0 Å². The molecule has 0 spiro atoms. The van der Waals surface area contributed by atoms with Crippen molar-refractivity contribution < 1.29 is 14.0 Å². The van der Waals surface area contributed by atoms with Crippen LogP contribution in [0.5, 0.6) is 0 Å². The van der Waals surface area contributed by atoms with Crippen molar-refractivity contribution in [3.05, 3.63) is 119 Å². The molecule has 0 fully saturated rings. The average molecular weight is 536 g/mol. The molecule has 0 heterocycles. The predicted molar refractivity (Wildman–Crippen MR) is 156 cm³/mol. The maximum atomic E-state index is 12.5. The highest BCUT2D eigenvalue weighted by atomic mass is 19.1. The highest BCUT2D eigenvalue weighted by Gasteiger charge is 2.09. The molecule has 0 saturated carbocycles. The minimum atomic E-state index is -0.403. The number of rotatable bonds is 6. The van der Waals surface area contributed by atoms with E-state index in [1.807, 2.05) is 50.3 Å². The van der Waals surface area contributed by atoms with Gasteiger partial charge >= 0.3 is 0 Å². The van der Waals surface area contributed by atoms with E-state index in [4.69, 9.17) is 10.5 Å². The first kappa shape index (κ1) is 30.9. The molecule has 0 bridgehead atoms. The number of benzene rings is 4. The Labute approximate surface area is 233 Å². The largest absolute Gasteiger partial charge is 0.328 e. The van der Waals surface area contributed by atoms with Crippen molar-refractivity contribution in [1.29, 1.82) is 10.5 Å². The third-order valence-electron chi connectivity index (χ3n) is 5.24. The average Bonchev–Trinajstić information content (AvgIpc) is 3.02. The smallest absolute Gasteiger partial charge is 0.255 e. The van der Waals surface area contributed by atoms with Crippen LogP contribution in [0, 0.1) is 22.7 Å². The van der Waals surface area contributed by atoms with E-state index in [2.05, 4.69) is 16.4 Å². The number of anilines is 2. The third kappa shape index (κ3) is 9.21. The van der Waals surface area contributed by atoms with Gasteiger partial charge in [-0.3, -0.25) is 9.59 Å². The minimum Gasteiger partial charge on any atom is -0.328 e. The molecular weight excluding hydrogens is 505 g/mol. The molecule has 7 nitrogen and oxygen atoms in total. The normalized spacial score (nSPS) is 9.35. The molecule has 0 atom stereocenters. The van der Waals surface area contributed by atoms with Gasteiger partial charge in [0, 0.05) is 29.0 Å². The van der Waals surface area contributed by atoms with Crippen molar-refractivity contribution >= 4 is 23.2 Å². The van der Waals surface area contributed by atoms with Crippen LogP contribution in [-0.2, 0) is 0 Å². The van der Waals surface area contributed by atoms with Gasteiger partial charge in [0.1, 0.15) is 6.67 Å². The fourth-order valence-electron chi connectivity index (χ4n) is 3.37. The Morgan fingerprint density at radius 2 is 1.05 bits per heavy atom. The Morgan fingerprint density at radius 3 is 1.35 bits per heavy atom. The lowest BCUT2D eigenvalue weighted by Gasteiger charge is -2.08. The highest BCUT2D eigenvalue weighted by molar-refractivity contribution is 6.05. The van der Waals surface area contributed by atoms with Gasteiger partial charge < -0.3 is 16.4 Å². The monoisotopic (exact) mass is 535 g/mol. The number of nitrogens with two attached hydrogens (primary N) is 1. The summed E-state index contributed by atoms with van der Waals surface area (Å²) in [6.45, 7) is 3.75. The summed E-state index contributed by atoms with van der Waals surface area (Å²) < 4.78 is 10.6. The first-order valence-electron chi connectivity index (χ1n) is 12.6. The Bertz CT molecular complexity index is 1370. The number of hydrogen-bond acceptors (Lipinski definition) is 5. The summed E-state index contributed by atoms with van der Waals surface area (Å²) in [4.78, 5) is 25.0. The number of hydrogen-bond donors (Lipinski definition) is 3. The molecule has 202 valence electrons. The van der Waals surface area contributed by atoms with Gasteiger partial charge in [0.15, 0.2) is 0 Å². The van der Waals surface area contributed by atoms with Gasteiger partial charge in [-0.15, -0.1) is 0 Å². The number of alkyl halides is 1. The lowest BCUT2D eigenvalue weighted by molar-refractivity contribution is 0.101.